The van der Waals surface area contributed by atoms with Crippen LogP contribution in [0.2, 0.25) is 5.02 Å². The van der Waals surface area contributed by atoms with E-state index in [4.69, 9.17) is 11.6 Å². The van der Waals surface area contributed by atoms with Gasteiger partial charge in [0.25, 0.3) is 0 Å². The van der Waals surface area contributed by atoms with Crippen LogP contribution in [0.4, 0.5) is 8.78 Å². The molecule has 21 heavy (non-hydrogen) atoms. The molecule has 0 fully saturated rings. The summed E-state index contributed by atoms with van der Waals surface area (Å²) in [6.45, 7) is 0. The lowest BCUT2D eigenvalue weighted by Gasteiger charge is -2.02. The monoisotopic (exact) mass is 310 g/mol. The first-order chi connectivity index (χ1) is 9.88. The van der Waals surface area contributed by atoms with Gasteiger partial charge in [-0.15, -0.1) is 0 Å². The number of hydrogen-bond acceptors (Lipinski definition) is 3. The molecule has 0 saturated heterocycles. The van der Waals surface area contributed by atoms with Crippen molar-refractivity contribution in [2.75, 3.05) is 0 Å². The van der Waals surface area contributed by atoms with Gasteiger partial charge in [-0.1, -0.05) is 17.7 Å². The Hall–Kier alpha value is -2.40. The number of phenolic OH excluding ortho intramolecular Hbond substituents is 2. The number of allylic oxidation sites excluding steroid dienone is 1. The van der Waals surface area contributed by atoms with E-state index in [9.17, 15) is 23.8 Å². The van der Waals surface area contributed by atoms with Crippen molar-refractivity contribution < 1.29 is 23.8 Å². The van der Waals surface area contributed by atoms with Crippen LogP contribution in [0, 0.1) is 11.6 Å². The van der Waals surface area contributed by atoms with E-state index in [0.29, 0.717) is 5.56 Å². The Morgan fingerprint density at radius 2 is 1.81 bits per heavy atom. The van der Waals surface area contributed by atoms with Crippen molar-refractivity contribution in [3.05, 3.63) is 64.2 Å². The van der Waals surface area contributed by atoms with Crippen LogP contribution in [0.15, 0.2) is 36.4 Å². The molecule has 2 aromatic rings. The molecule has 2 aromatic carbocycles. The lowest BCUT2D eigenvalue weighted by atomic mass is 10.1. The molecule has 0 unspecified atom stereocenters. The molecule has 0 aromatic heterocycles. The molecule has 0 spiro atoms. The normalized spacial score (nSPS) is 11.0. The summed E-state index contributed by atoms with van der Waals surface area (Å²) in [7, 11) is 0. The fraction of sp³-hybridized carbons (Fsp3) is 0. The van der Waals surface area contributed by atoms with E-state index >= 15 is 0 Å². The average molecular weight is 311 g/mol. The van der Waals surface area contributed by atoms with Crippen LogP contribution in [-0.2, 0) is 0 Å². The fourth-order valence-corrected chi connectivity index (χ4v) is 1.84. The molecular weight excluding hydrogens is 302 g/mol. The molecule has 0 amide bonds. The van der Waals surface area contributed by atoms with Gasteiger partial charge in [0, 0.05) is 5.56 Å². The number of rotatable bonds is 3. The molecule has 0 aliphatic carbocycles. The number of halogens is 3. The lowest BCUT2D eigenvalue weighted by Crippen LogP contribution is -1.96. The molecule has 0 atom stereocenters. The molecule has 6 heteroatoms. The Kier molecular flexibility index (Phi) is 4.23. The molecule has 2 rings (SSSR count). The molecule has 0 aliphatic rings. The van der Waals surface area contributed by atoms with Crippen molar-refractivity contribution in [3.8, 4) is 11.5 Å². The van der Waals surface area contributed by atoms with Crippen LogP contribution in [0.1, 0.15) is 15.9 Å². The second-order valence-corrected chi connectivity index (χ2v) is 4.60. The number of phenols is 2. The van der Waals surface area contributed by atoms with Crippen molar-refractivity contribution in [2.45, 2.75) is 0 Å². The van der Waals surface area contributed by atoms with Gasteiger partial charge in [0.05, 0.1) is 5.02 Å². The predicted molar refractivity (Wildman–Crippen MR) is 74.5 cm³/mol. The summed E-state index contributed by atoms with van der Waals surface area (Å²) >= 11 is 5.67. The summed E-state index contributed by atoms with van der Waals surface area (Å²) < 4.78 is 25.8. The SMILES string of the molecule is O=C(/C=C/c1cc(O)c(O)c(Cl)c1)c1ccc(F)c(F)c1. The van der Waals surface area contributed by atoms with E-state index in [0.717, 1.165) is 24.3 Å². The highest BCUT2D eigenvalue weighted by molar-refractivity contribution is 6.32. The molecule has 0 saturated carbocycles. The molecular formula is C15H9ClF2O3. The van der Waals surface area contributed by atoms with Gasteiger partial charge in [-0.05, 0) is 42.0 Å². The lowest BCUT2D eigenvalue weighted by molar-refractivity contribution is 0.104. The van der Waals surface area contributed by atoms with Crippen LogP contribution in [0.3, 0.4) is 0 Å². The van der Waals surface area contributed by atoms with E-state index in [1.54, 1.807) is 0 Å². The third-order valence-corrected chi connectivity index (χ3v) is 2.99. The summed E-state index contributed by atoms with van der Waals surface area (Å²) in [5, 5.41) is 18.6. The Bertz CT molecular complexity index is 719. The van der Waals surface area contributed by atoms with E-state index < -0.39 is 28.9 Å². The van der Waals surface area contributed by atoms with Crippen LogP contribution >= 0.6 is 11.6 Å². The van der Waals surface area contributed by atoms with Gasteiger partial charge in [0.2, 0.25) is 0 Å². The van der Waals surface area contributed by atoms with Crippen molar-refractivity contribution in [1.29, 1.82) is 0 Å². The Morgan fingerprint density at radius 1 is 1.10 bits per heavy atom. The van der Waals surface area contributed by atoms with Gasteiger partial charge in [-0.25, -0.2) is 8.78 Å². The number of hydrogen-bond donors (Lipinski definition) is 2. The van der Waals surface area contributed by atoms with E-state index in [1.807, 2.05) is 0 Å². The Morgan fingerprint density at radius 3 is 2.43 bits per heavy atom. The van der Waals surface area contributed by atoms with Crippen molar-refractivity contribution in [1.82, 2.24) is 0 Å². The highest BCUT2D eigenvalue weighted by Gasteiger charge is 2.08. The van der Waals surface area contributed by atoms with Gasteiger partial charge in [-0.2, -0.15) is 0 Å². The Balaban J connectivity index is 2.24. The summed E-state index contributed by atoms with van der Waals surface area (Å²) in [6, 6.07) is 5.36. The molecule has 3 nitrogen and oxygen atoms in total. The van der Waals surface area contributed by atoms with Crippen molar-refractivity contribution >= 4 is 23.5 Å². The largest absolute Gasteiger partial charge is 0.504 e. The average Bonchev–Trinajstić information content (AvgIpc) is 2.44. The summed E-state index contributed by atoms with van der Waals surface area (Å²) in [5.74, 6) is -3.58. The maximum atomic E-state index is 13.0. The van der Waals surface area contributed by atoms with E-state index in [2.05, 4.69) is 0 Å². The maximum Gasteiger partial charge on any atom is 0.185 e. The quantitative estimate of drug-likeness (QED) is 0.513. The summed E-state index contributed by atoms with van der Waals surface area (Å²) in [4.78, 5) is 11.8. The minimum Gasteiger partial charge on any atom is -0.504 e. The number of ketones is 1. The molecule has 0 heterocycles. The predicted octanol–water partition coefficient (Wildman–Crippen LogP) is 3.93. The van der Waals surface area contributed by atoms with Gasteiger partial charge in [0.1, 0.15) is 0 Å². The van der Waals surface area contributed by atoms with E-state index in [-0.39, 0.29) is 10.6 Å². The first-order valence-electron chi connectivity index (χ1n) is 5.77. The van der Waals surface area contributed by atoms with Gasteiger partial charge < -0.3 is 10.2 Å². The molecule has 0 radical (unpaired) electrons. The topological polar surface area (TPSA) is 57.5 Å². The molecule has 108 valence electrons. The van der Waals surface area contributed by atoms with Crippen LogP contribution < -0.4 is 0 Å². The van der Waals surface area contributed by atoms with Crippen LogP contribution in [0.25, 0.3) is 6.08 Å². The molecule has 0 bridgehead atoms. The molecule has 2 N–H and O–H groups in total. The number of carbonyl (C=O) groups is 1. The number of aromatic hydroxyl groups is 2. The standard InChI is InChI=1S/C15H9ClF2O3/c16-10-5-8(6-14(20)15(10)21)1-4-13(19)9-2-3-11(17)12(18)7-9/h1-7,20-21H/b4-1+. The smallest absolute Gasteiger partial charge is 0.185 e. The minimum absolute atomic E-state index is 0.0146. The minimum atomic E-state index is -1.11. The highest BCUT2D eigenvalue weighted by Crippen LogP contribution is 2.34. The fourth-order valence-electron chi connectivity index (χ4n) is 1.62. The second-order valence-electron chi connectivity index (χ2n) is 4.20. The van der Waals surface area contributed by atoms with Gasteiger partial charge in [-0.3, -0.25) is 4.79 Å². The van der Waals surface area contributed by atoms with Crippen LogP contribution in [0.5, 0.6) is 11.5 Å². The van der Waals surface area contributed by atoms with E-state index in [1.165, 1.54) is 18.2 Å². The number of benzene rings is 2. The third-order valence-electron chi connectivity index (χ3n) is 2.70. The Labute approximate surface area is 123 Å². The van der Waals surface area contributed by atoms with Crippen molar-refractivity contribution in [2.24, 2.45) is 0 Å². The van der Waals surface area contributed by atoms with Crippen molar-refractivity contribution in [3.63, 3.8) is 0 Å². The summed E-state index contributed by atoms with van der Waals surface area (Å²) in [5.41, 5.74) is 0.352. The first-order valence-corrected chi connectivity index (χ1v) is 6.15. The van der Waals surface area contributed by atoms with Crippen LogP contribution in [-0.4, -0.2) is 16.0 Å². The summed E-state index contributed by atoms with van der Waals surface area (Å²) in [6.07, 6.45) is 2.45. The van der Waals surface area contributed by atoms with Gasteiger partial charge in [0.15, 0.2) is 28.9 Å². The third kappa shape index (κ3) is 3.38. The second kappa shape index (κ2) is 5.93. The van der Waals surface area contributed by atoms with Gasteiger partial charge >= 0.3 is 0 Å². The first kappa shape index (κ1) is 15.0. The zero-order chi connectivity index (χ0) is 15.6. The molecule has 0 aliphatic heterocycles. The zero-order valence-electron chi connectivity index (χ0n) is 10.5. The number of carbonyl (C=O) groups excluding carboxylic acids is 1. The zero-order valence-corrected chi connectivity index (χ0v) is 11.2. The highest BCUT2D eigenvalue weighted by atomic mass is 35.5. The maximum absolute atomic E-state index is 13.0.